The fraction of sp³-hybridized carbons (Fsp3) is 0.400. The van der Waals surface area contributed by atoms with Gasteiger partial charge in [-0.05, 0) is 26.0 Å². The van der Waals surface area contributed by atoms with E-state index >= 15 is 0 Å². The van der Waals surface area contributed by atoms with Gasteiger partial charge in [0.1, 0.15) is 0 Å². The molecule has 0 spiro atoms. The van der Waals surface area contributed by atoms with Crippen molar-refractivity contribution in [3.8, 4) is 5.75 Å². The normalized spacial score (nSPS) is 9.57. The van der Waals surface area contributed by atoms with Crippen LogP contribution in [0.15, 0.2) is 24.5 Å². The maximum absolute atomic E-state index is 11.5. The van der Waals surface area contributed by atoms with Crippen LogP contribution in [0.1, 0.15) is 13.8 Å². The van der Waals surface area contributed by atoms with Crippen molar-refractivity contribution in [1.29, 1.82) is 0 Å². The monoisotopic (exact) mass is 194 g/mol. The Balaban J connectivity index is 2.57. The molecule has 0 fully saturated rings. The summed E-state index contributed by atoms with van der Waals surface area (Å²) in [5.74, 6) is 0.476. The fourth-order valence-corrected chi connectivity index (χ4v) is 1.05. The van der Waals surface area contributed by atoms with Crippen molar-refractivity contribution in [3.05, 3.63) is 24.5 Å². The first-order chi connectivity index (χ1) is 6.77. The largest absolute Gasteiger partial charge is 0.415 e. The SMILES string of the molecule is CCN(CC)C(=O)Oc1cccnc1. The lowest BCUT2D eigenvalue weighted by molar-refractivity contribution is 0.157. The molecule has 0 aliphatic rings. The fourth-order valence-electron chi connectivity index (χ4n) is 1.05. The number of carbonyl (C=O) groups excluding carboxylic acids is 1. The van der Waals surface area contributed by atoms with Crippen LogP contribution in [-0.4, -0.2) is 29.1 Å². The zero-order valence-corrected chi connectivity index (χ0v) is 8.43. The Hall–Kier alpha value is -1.58. The molecule has 1 aromatic rings. The van der Waals surface area contributed by atoms with Crippen molar-refractivity contribution >= 4 is 6.09 Å². The van der Waals surface area contributed by atoms with Gasteiger partial charge in [-0.2, -0.15) is 0 Å². The summed E-state index contributed by atoms with van der Waals surface area (Å²) in [6.07, 6.45) is 2.82. The number of carbonyl (C=O) groups is 1. The number of amides is 1. The number of rotatable bonds is 3. The molecular weight excluding hydrogens is 180 g/mol. The molecule has 76 valence electrons. The van der Waals surface area contributed by atoms with Gasteiger partial charge >= 0.3 is 6.09 Å². The van der Waals surface area contributed by atoms with Gasteiger partial charge in [0.15, 0.2) is 5.75 Å². The predicted octanol–water partition coefficient (Wildman–Crippen LogP) is 1.92. The number of aromatic nitrogens is 1. The second kappa shape index (κ2) is 5.21. The minimum absolute atomic E-state index is 0.331. The van der Waals surface area contributed by atoms with E-state index in [9.17, 15) is 4.79 Å². The summed E-state index contributed by atoms with van der Waals surface area (Å²) in [7, 11) is 0. The number of hydrogen-bond acceptors (Lipinski definition) is 3. The van der Waals surface area contributed by atoms with Gasteiger partial charge in [0.05, 0.1) is 6.20 Å². The molecular formula is C10H14N2O2. The van der Waals surface area contributed by atoms with Gasteiger partial charge < -0.3 is 9.64 Å². The summed E-state index contributed by atoms with van der Waals surface area (Å²) in [5, 5.41) is 0. The lowest BCUT2D eigenvalue weighted by Crippen LogP contribution is -2.33. The lowest BCUT2D eigenvalue weighted by Gasteiger charge is -2.17. The van der Waals surface area contributed by atoms with Gasteiger partial charge in [-0.25, -0.2) is 4.79 Å². The van der Waals surface area contributed by atoms with E-state index < -0.39 is 0 Å². The van der Waals surface area contributed by atoms with Crippen LogP contribution in [0.25, 0.3) is 0 Å². The molecule has 0 atom stereocenters. The Labute approximate surface area is 83.5 Å². The van der Waals surface area contributed by atoms with Crippen LogP contribution in [0.5, 0.6) is 5.75 Å². The zero-order chi connectivity index (χ0) is 10.4. The molecule has 1 amide bonds. The summed E-state index contributed by atoms with van der Waals surface area (Å²) < 4.78 is 5.08. The second-order valence-electron chi connectivity index (χ2n) is 2.73. The van der Waals surface area contributed by atoms with Gasteiger partial charge in [-0.15, -0.1) is 0 Å². The molecule has 0 unspecified atom stereocenters. The summed E-state index contributed by atoms with van der Waals surface area (Å²) in [6, 6.07) is 3.43. The smallest absolute Gasteiger partial charge is 0.409 e. The minimum atomic E-state index is -0.331. The maximum Gasteiger partial charge on any atom is 0.415 e. The molecule has 0 N–H and O–H groups in total. The first-order valence-electron chi connectivity index (χ1n) is 4.64. The molecule has 4 heteroatoms. The van der Waals surface area contributed by atoms with E-state index in [2.05, 4.69) is 4.98 Å². The Morgan fingerprint density at radius 3 is 2.71 bits per heavy atom. The van der Waals surface area contributed by atoms with Crippen LogP contribution >= 0.6 is 0 Å². The van der Waals surface area contributed by atoms with Crippen molar-refractivity contribution < 1.29 is 9.53 Å². The average molecular weight is 194 g/mol. The Bertz CT molecular complexity index is 283. The number of nitrogens with zero attached hydrogens (tertiary/aromatic N) is 2. The molecule has 0 aliphatic heterocycles. The molecule has 0 bridgehead atoms. The highest BCUT2D eigenvalue weighted by atomic mass is 16.6. The van der Waals surface area contributed by atoms with Gasteiger partial charge in [-0.1, -0.05) is 0 Å². The third kappa shape index (κ3) is 2.73. The standard InChI is InChI=1S/C10H14N2O2/c1-3-12(4-2)10(13)14-9-6-5-7-11-8-9/h5-8H,3-4H2,1-2H3. The molecule has 1 aromatic heterocycles. The highest BCUT2D eigenvalue weighted by Crippen LogP contribution is 2.07. The molecule has 0 radical (unpaired) electrons. The van der Waals surface area contributed by atoms with Gasteiger partial charge in [0, 0.05) is 19.3 Å². The number of hydrogen-bond donors (Lipinski definition) is 0. The second-order valence-corrected chi connectivity index (χ2v) is 2.73. The molecule has 4 nitrogen and oxygen atoms in total. The third-order valence-corrected chi connectivity index (χ3v) is 1.86. The Morgan fingerprint density at radius 1 is 1.50 bits per heavy atom. The maximum atomic E-state index is 11.5. The van der Waals surface area contributed by atoms with E-state index in [0.29, 0.717) is 18.8 Å². The molecule has 0 saturated heterocycles. The summed E-state index contributed by atoms with van der Waals surface area (Å²) in [6.45, 7) is 5.12. The van der Waals surface area contributed by atoms with Gasteiger partial charge in [0.25, 0.3) is 0 Å². The quantitative estimate of drug-likeness (QED) is 0.738. The van der Waals surface area contributed by atoms with Crippen molar-refractivity contribution in [2.24, 2.45) is 0 Å². The van der Waals surface area contributed by atoms with Crippen LogP contribution in [0.4, 0.5) is 4.79 Å². The molecule has 1 heterocycles. The van der Waals surface area contributed by atoms with Crippen molar-refractivity contribution in [2.45, 2.75) is 13.8 Å². The Kier molecular flexibility index (Phi) is 3.91. The average Bonchev–Trinajstić information content (AvgIpc) is 2.21. The summed E-state index contributed by atoms with van der Waals surface area (Å²) >= 11 is 0. The first-order valence-corrected chi connectivity index (χ1v) is 4.64. The van der Waals surface area contributed by atoms with Crippen LogP contribution in [0.2, 0.25) is 0 Å². The van der Waals surface area contributed by atoms with E-state index in [0.717, 1.165) is 0 Å². The minimum Gasteiger partial charge on any atom is -0.409 e. The molecule has 0 saturated carbocycles. The van der Waals surface area contributed by atoms with Gasteiger partial charge in [0.2, 0.25) is 0 Å². The zero-order valence-electron chi connectivity index (χ0n) is 8.43. The molecule has 0 aliphatic carbocycles. The first kappa shape index (κ1) is 10.5. The van der Waals surface area contributed by atoms with Crippen LogP contribution < -0.4 is 4.74 Å². The van der Waals surface area contributed by atoms with Crippen LogP contribution in [0.3, 0.4) is 0 Å². The van der Waals surface area contributed by atoms with Crippen molar-refractivity contribution in [2.75, 3.05) is 13.1 Å². The number of pyridine rings is 1. The van der Waals surface area contributed by atoms with E-state index in [4.69, 9.17) is 4.74 Å². The van der Waals surface area contributed by atoms with Crippen molar-refractivity contribution in [3.63, 3.8) is 0 Å². The topological polar surface area (TPSA) is 42.4 Å². The van der Waals surface area contributed by atoms with Crippen LogP contribution in [0, 0.1) is 0 Å². The third-order valence-electron chi connectivity index (χ3n) is 1.86. The van der Waals surface area contributed by atoms with E-state index in [1.165, 1.54) is 6.20 Å². The predicted molar refractivity (Wildman–Crippen MR) is 53.2 cm³/mol. The van der Waals surface area contributed by atoms with E-state index in [-0.39, 0.29) is 6.09 Å². The summed E-state index contributed by atoms with van der Waals surface area (Å²) in [4.78, 5) is 16.9. The Morgan fingerprint density at radius 2 is 2.21 bits per heavy atom. The lowest BCUT2D eigenvalue weighted by atomic mass is 10.5. The van der Waals surface area contributed by atoms with Crippen LogP contribution in [-0.2, 0) is 0 Å². The highest BCUT2D eigenvalue weighted by Gasteiger charge is 2.11. The highest BCUT2D eigenvalue weighted by molar-refractivity contribution is 5.70. The summed E-state index contributed by atoms with van der Waals surface area (Å²) in [5.41, 5.74) is 0. The molecule has 1 rings (SSSR count). The van der Waals surface area contributed by atoms with E-state index in [1.807, 2.05) is 13.8 Å². The number of ether oxygens (including phenoxy) is 1. The van der Waals surface area contributed by atoms with Gasteiger partial charge in [-0.3, -0.25) is 4.98 Å². The van der Waals surface area contributed by atoms with Crippen molar-refractivity contribution in [1.82, 2.24) is 9.88 Å². The molecule has 14 heavy (non-hydrogen) atoms. The molecule has 0 aromatic carbocycles. The van der Waals surface area contributed by atoms with E-state index in [1.54, 1.807) is 23.2 Å².